The third-order valence-corrected chi connectivity index (χ3v) is 9.25. The second-order valence-electron chi connectivity index (χ2n) is 11.8. The number of esters is 1. The summed E-state index contributed by atoms with van der Waals surface area (Å²) in [7, 11) is 0. The number of hydrogen-bond acceptors (Lipinski definition) is 6. The topological polar surface area (TPSA) is 96.4 Å². The summed E-state index contributed by atoms with van der Waals surface area (Å²) in [5, 5.41) is 10.7. The molecule has 0 aromatic heterocycles. The van der Waals surface area contributed by atoms with E-state index < -0.39 is 47.7 Å². The van der Waals surface area contributed by atoms with Crippen molar-refractivity contribution in [1.29, 1.82) is 0 Å². The van der Waals surface area contributed by atoms with Gasteiger partial charge in [0.15, 0.2) is 0 Å². The predicted molar refractivity (Wildman–Crippen MR) is 160 cm³/mol. The van der Waals surface area contributed by atoms with E-state index in [2.05, 4.69) is 13.2 Å². The lowest BCUT2D eigenvalue weighted by Crippen LogP contribution is -2.57. The highest BCUT2D eigenvalue weighted by atomic mass is 16.6. The molecule has 42 heavy (non-hydrogen) atoms. The first-order chi connectivity index (χ1) is 20.1. The SMILES string of the molecule is C=CCCOC(=O)[C@@H]1[C@H]2C(=O)N([C@H](CO)c3ccccc3)C(C(=O)N(CC=C)c3c(C)cccc3C)C23CC[C@@]1(C)O3. The first-order valence-corrected chi connectivity index (χ1v) is 14.6. The molecule has 1 N–H and O–H groups in total. The van der Waals surface area contributed by atoms with Gasteiger partial charge in [0.2, 0.25) is 5.91 Å². The minimum Gasteiger partial charge on any atom is -0.465 e. The molecule has 1 spiro atoms. The van der Waals surface area contributed by atoms with Crippen molar-refractivity contribution >= 4 is 23.5 Å². The van der Waals surface area contributed by atoms with Crippen LogP contribution in [0.4, 0.5) is 5.69 Å². The van der Waals surface area contributed by atoms with E-state index in [1.165, 1.54) is 4.90 Å². The van der Waals surface area contributed by atoms with Crippen LogP contribution in [0.2, 0.25) is 0 Å². The van der Waals surface area contributed by atoms with Crippen molar-refractivity contribution < 1.29 is 29.0 Å². The number of benzene rings is 2. The van der Waals surface area contributed by atoms with Gasteiger partial charge in [0, 0.05) is 12.2 Å². The Morgan fingerprint density at radius 2 is 1.81 bits per heavy atom. The van der Waals surface area contributed by atoms with E-state index in [0.717, 1.165) is 16.8 Å². The molecule has 3 heterocycles. The quantitative estimate of drug-likeness (QED) is 0.243. The number of hydrogen-bond donors (Lipinski definition) is 1. The Hall–Kier alpha value is -3.75. The molecule has 222 valence electrons. The van der Waals surface area contributed by atoms with Gasteiger partial charge < -0.3 is 24.4 Å². The van der Waals surface area contributed by atoms with E-state index in [4.69, 9.17) is 9.47 Å². The number of fused-ring (bicyclic) bond motifs is 1. The summed E-state index contributed by atoms with van der Waals surface area (Å²) in [6.07, 6.45) is 4.73. The number of nitrogens with zero attached hydrogens (tertiary/aromatic N) is 2. The van der Waals surface area contributed by atoms with Crippen LogP contribution in [-0.4, -0.2) is 64.8 Å². The van der Waals surface area contributed by atoms with Crippen LogP contribution in [0.1, 0.15) is 48.9 Å². The number of amides is 2. The highest BCUT2D eigenvalue weighted by molar-refractivity contribution is 6.05. The molecule has 3 saturated heterocycles. The van der Waals surface area contributed by atoms with Gasteiger partial charge in [-0.3, -0.25) is 14.4 Å². The summed E-state index contributed by atoms with van der Waals surface area (Å²) in [5.74, 6) is -3.03. The van der Waals surface area contributed by atoms with Crippen molar-refractivity contribution in [2.24, 2.45) is 11.8 Å². The Balaban J connectivity index is 1.66. The zero-order valence-corrected chi connectivity index (χ0v) is 24.6. The maximum atomic E-state index is 15.0. The number of aliphatic hydroxyl groups excluding tert-OH is 1. The van der Waals surface area contributed by atoms with Crippen molar-refractivity contribution in [3.8, 4) is 0 Å². The average Bonchev–Trinajstić information content (AvgIpc) is 3.54. The summed E-state index contributed by atoms with van der Waals surface area (Å²) in [4.78, 5) is 46.3. The number of aliphatic hydroxyl groups is 1. The Labute approximate surface area is 247 Å². The molecule has 2 aromatic carbocycles. The lowest BCUT2D eigenvalue weighted by molar-refractivity contribution is -0.160. The van der Waals surface area contributed by atoms with Gasteiger partial charge in [-0.15, -0.1) is 13.2 Å². The summed E-state index contributed by atoms with van der Waals surface area (Å²) in [6, 6.07) is 13.1. The Morgan fingerprint density at radius 1 is 1.12 bits per heavy atom. The molecular weight excluding hydrogens is 532 g/mol. The molecule has 0 radical (unpaired) electrons. The number of anilines is 1. The number of likely N-dealkylation sites (tertiary alicyclic amines) is 1. The van der Waals surface area contributed by atoms with Crippen molar-refractivity contribution in [2.75, 3.05) is 24.7 Å². The van der Waals surface area contributed by atoms with Gasteiger partial charge >= 0.3 is 5.97 Å². The summed E-state index contributed by atoms with van der Waals surface area (Å²) in [6.45, 7) is 13.3. The molecule has 6 atom stereocenters. The number of ether oxygens (including phenoxy) is 2. The number of rotatable bonds is 11. The normalized spacial score (nSPS) is 28.3. The van der Waals surface area contributed by atoms with Crippen molar-refractivity contribution in [1.82, 2.24) is 4.90 Å². The maximum absolute atomic E-state index is 15.0. The fourth-order valence-corrected chi connectivity index (χ4v) is 7.50. The fraction of sp³-hybridized carbons (Fsp3) is 0.441. The average molecular weight is 573 g/mol. The van der Waals surface area contributed by atoms with Crippen LogP contribution in [-0.2, 0) is 23.9 Å². The van der Waals surface area contributed by atoms with Crippen LogP contribution in [0, 0.1) is 25.7 Å². The molecule has 2 unspecified atom stereocenters. The van der Waals surface area contributed by atoms with Gasteiger partial charge in [-0.05, 0) is 56.7 Å². The van der Waals surface area contributed by atoms with Gasteiger partial charge in [-0.1, -0.05) is 60.7 Å². The second kappa shape index (κ2) is 11.5. The van der Waals surface area contributed by atoms with Crippen LogP contribution in [0.5, 0.6) is 0 Å². The largest absolute Gasteiger partial charge is 0.465 e. The molecule has 0 aliphatic carbocycles. The second-order valence-corrected chi connectivity index (χ2v) is 11.8. The molecule has 2 aromatic rings. The maximum Gasteiger partial charge on any atom is 0.312 e. The first-order valence-electron chi connectivity index (χ1n) is 14.6. The molecule has 3 aliphatic heterocycles. The van der Waals surface area contributed by atoms with E-state index in [1.54, 1.807) is 17.1 Å². The third kappa shape index (κ3) is 4.57. The molecule has 3 aliphatic rings. The summed E-state index contributed by atoms with van der Waals surface area (Å²) in [5.41, 5.74) is 1.03. The first kappa shape index (κ1) is 29.7. The van der Waals surface area contributed by atoms with Crippen LogP contribution in [0.25, 0.3) is 0 Å². The lowest BCUT2D eigenvalue weighted by Gasteiger charge is -2.40. The predicted octanol–water partition coefficient (Wildman–Crippen LogP) is 4.44. The van der Waals surface area contributed by atoms with Gasteiger partial charge in [0.25, 0.3) is 5.91 Å². The van der Waals surface area contributed by atoms with Crippen LogP contribution in [0.3, 0.4) is 0 Å². The van der Waals surface area contributed by atoms with Crippen molar-refractivity contribution in [3.63, 3.8) is 0 Å². The molecule has 2 amide bonds. The van der Waals surface area contributed by atoms with Crippen LogP contribution in [0.15, 0.2) is 73.8 Å². The summed E-state index contributed by atoms with van der Waals surface area (Å²) >= 11 is 0. The zero-order chi connectivity index (χ0) is 30.2. The number of para-hydroxylation sites is 1. The van der Waals surface area contributed by atoms with Crippen LogP contribution < -0.4 is 4.90 Å². The number of carbonyl (C=O) groups is 3. The van der Waals surface area contributed by atoms with Gasteiger partial charge in [-0.25, -0.2) is 0 Å². The molecule has 8 nitrogen and oxygen atoms in total. The van der Waals surface area contributed by atoms with Gasteiger partial charge in [0.1, 0.15) is 17.6 Å². The highest BCUT2D eigenvalue weighted by Gasteiger charge is 2.79. The molecular formula is C34H40N2O6. The third-order valence-electron chi connectivity index (χ3n) is 9.25. The molecule has 5 rings (SSSR count). The molecule has 2 bridgehead atoms. The van der Waals surface area contributed by atoms with Crippen molar-refractivity contribution in [3.05, 3.63) is 90.5 Å². The van der Waals surface area contributed by atoms with E-state index in [9.17, 15) is 19.5 Å². The monoisotopic (exact) mass is 572 g/mol. The van der Waals surface area contributed by atoms with E-state index in [-0.39, 0.29) is 25.0 Å². The molecule has 3 fully saturated rings. The Kier molecular flexibility index (Phi) is 8.14. The Bertz CT molecular complexity index is 1370. The van der Waals surface area contributed by atoms with Gasteiger partial charge in [0.05, 0.1) is 30.8 Å². The van der Waals surface area contributed by atoms with E-state index >= 15 is 0 Å². The fourth-order valence-electron chi connectivity index (χ4n) is 7.50. The molecule has 8 heteroatoms. The molecule has 0 saturated carbocycles. The minimum atomic E-state index is -1.26. The van der Waals surface area contributed by atoms with Crippen molar-refractivity contribution in [2.45, 2.75) is 63.3 Å². The smallest absolute Gasteiger partial charge is 0.312 e. The summed E-state index contributed by atoms with van der Waals surface area (Å²) < 4.78 is 12.4. The standard InChI is InChI=1S/C34H40N2O6/c1-6-8-20-41-32(40)27-26-30(38)36(25(21-37)24-15-10-9-11-16-24)29(34(26)18-17-33(27,5)42-34)31(39)35(19-7-2)28-22(3)13-12-14-23(28)4/h6-7,9-16,25-27,29,37H,1-2,8,17-21H2,3-5H3/t25-,26+,27+,29?,33-,34?/m1/s1. The zero-order valence-electron chi connectivity index (χ0n) is 24.6. The lowest BCUT2D eigenvalue weighted by atomic mass is 9.66. The number of aryl methyl sites for hydroxylation is 2. The number of carbonyl (C=O) groups excluding carboxylic acids is 3. The highest BCUT2D eigenvalue weighted by Crippen LogP contribution is 2.64. The van der Waals surface area contributed by atoms with Crippen LogP contribution >= 0.6 is 0 Å². The van der Waals surface area contributed by atoms with E-state index in [1.807, 2.05) is 69.3 Å². The Morgan fingerprint density at radius 3 is 2.43 bits per heavy atom. The van der Waals surface area contributed by atoms with E-state index in [0.29, 0.717) is 24.8 Å². The minimum absolute atomic E-state index is 0.151. The van der Waals surface area contributed by atoms with Gasteiger partial charge in [-0.2, -0.15) is 0 Å².